The Morgan fingerprint density at radius 1 is 0.308 bits per heavy atom. The monoisotopic (exact) mass is 1430 g/mol. The van der Waals surface area contributed by atoms with E-state index in [1.54, 1.807) is 110 Å². The van der Waals surface area contributed by atoms with Crippen LogP contribution in [0.3, 0.4) is 0 Å². The summed E-state index contributed by atoms with van der Waals surface area (Å²) in [4.78, 5) is 54.6. The molecule has 27 heteroatoms. The number of carboxylic acid groups (broad SMARTS) is 5. The molecule has 524 valence electrons. The van der Waals surface area contributed by atoms with Crippen molar-refractivity contribution in [1.29, 1.82) is 0 Å². The van der Waals surface area contributed by atoms with Gasteiger partial charge in [0.15, 0.2) is 0 Å². The molecule has 5 aromatic heterocycles. The van der Waals surface area contributed by atoms with E-state index in [1.165, 1.54) is 114 Å². The summed E-state index contributed by atoms with van der Waals surface area (Å²) in [6, 6.07) is 57.8. The molecular formula is C77H49F11N6O10. The van der Waals surface area contributed by atoms with Crippen molar-refractivity contribution in [2.24, 2.45) is 0 Å². The smallest absolute Gasteiger partial charge is 0.418 e. The van der Waals surface area contributed by atoms with Crippen LogP contribution in [0.4, 0.5) is 48.3 Å². The van der Waals surface area contributed by atoms with Crippen LogP contribution in [0.1, 0.15) is 68.5 Å². The van der Waals surface area contributed by atoms with Gasteiger partial charge in [-0.1, -0.05) is 36.4 Å². The second-order valence-corrected chi connectivity index (χ2v) is 22.7. The van der Waals surface area contributed by atoms with Gasteiger partial charge in [0.05, 0.1) is 95.4 Å². The Morgan fingerprint density at radius 2 is 0.702 bits per heavy atom. The van der Waals surface area contributed by atoms with Gasteiger partial charge in [-0.05, 0) is 194 Å². The minimum Gasteiger partial charge on any atom is -0.478 e. The summed E-state index contributed by atoms with van der Waals surface area (Å²) < 4.78 is 150. The third-order valence-corrected chi connectivity index (χ3v) is 16.1. The van der Waals surface area contributed by atoms with Crippen LogP contribution in [0.2, 0.25) is 0 Å². The van der Waals surface area contributed by atoms with Crippen LogP contribution >= 0.6 is 0 Å². The van der Waals surface area contributed by atoms with Crippen molar-refractivity contribution in [3.8, 4) is 28.4 Å². The Bertz CT molecular complexity index is 5760. The number of hydrogen-bond acceptors (Lipinski definition) is 6. The Labute approximate surface area is 578 Å². The molecule has 0 spiro atoms. The van der Waals surface area contributed by atoms with E-state index in [0.717, 1.165) is 58.5 Å². The highest BCUT2D eigenvalue weighted by molar-refractivity contribution is 5.98. The van der Waals surface area contributed by atoms with Gasteiger partial charge in [-0.2, -0.15) is 44.6 Å². The van der Waals surface area contributed by atoms with E-state index in [1.807, 2.05) is 30.3 Å². The number of para-hydroxylation sites is 2. The van der Waals surface area contributed by atoms with E-state index in [-0.39, 0.29) is 39.2 Å². The molecule has 15 aromatic rings. The zero-order valence-corrected chi connectivity index (χ0v) is 53.0. The van der Waals surface area contributed by atoms with Crippen LogP contribution in [0.5, 0.6) is 0 Å². The van der Waals surface area contributed by atoms with Crippen molar-refractivity contribution in [2.45, 2.75) is 18.5 Å². The number of alkyl halides is 9. The normalized spacial score (nSPS) is 11.4. The molecule has 0 saturated heterocycles. The highest BCUT2D eigenvalue weighted by Gasteiger charge is 2.34. The van der Waals surface area contributed by atoms with Gasteiger partial charge in [0.1, 0.15) is 11.6 Å². The fourth-order valence-electron chi connectivity index (χ4n) is 11.2. The number of aromatic nitrogens is 6. The predicted molar refractivity (Wildman–Crippen MR) is 364 cm³/mol. The van der Waals surface area contributed by atoms with Crippen molar-refractivity contribution in [1.82, 2.24) is 28.0 Å². The van der Waals surface area contributed by atoms with Crippen molar-refractivity contribution in [2.75, 3.05) is 0 Å². The standard InChI is InChI=1S/3C16H10F3NO2.C15H9F2NO2.C14H10N2O2/c17-16(18,19)12-2-4-13(5-3-12)20-8-7-10-9-11(15(21)22)1-6-14(10)20;17-16(18,19)12-2-1-3-13(9-12)20-7-6-10-8-11(15(21)22)4-5-14(10)20;17-16(18,19)12-3-1-2-4-14(12)20-8-7-10-9-11(15(21)22)5-6-13(10)20;16-11-2-4-14(12(17)8-11)18-6-5-9-7-10(15(19)20)1-3-13(9)18;17-14(18)10-6-7-13-11(8-10)9-15-16(13)12-4-2-1-3-5-12/h3*1-9H,(H,21,22);1-8H,(H,19,20);1-9H,(H,17,18). The van der Waals surface area contributed by atoms with Gasteiger partial charge >= 0.3 is 48.4 Å². The molecule has 0 aliphatic rings. The number of carboxylic acids is 5. The van der Waals surface area contributed by atoms with Gasteiger partial charge in [-0.25, -0.2) is 37.4 Å². The summed E-state index contributed by atoms with van der Waals surface area (Å²) in [6.45, 7) is 0. The van der Waals surface area contributed by atoms with E-state index in [0.29, 0.717) is 49.5 Å². The molecule has 0 radical (unpaired) electrons. The summed E-state index contributed by atoms with van der Waals surface area (Å²) in [5.41, 5.74) is 4.20. The number of hydrogen-bond donors (Lipinski definition) is 5. The molecule has 0 atom stereocenters. The lowest BCUT2D eigenvalue weighted by molar-refractivity contribution is -0.138. The summed E-state index contributed by atoms with van der Waals surface area (Å²) in [7, 11) is 0. The maximum atomic E-state index is 13.8. The highest BCUT2D eigenvalue weighted by atomic mass is 19.4. The molecule has 0 fully saturated rings. The second kappa shape index (κ2) is 29.3. The highest BCUT2D eigenvalue weighted by Crippen LogP contribution is 2.37. The minimum atomic E-state index is -4.46. The molecule has 0 bridgehead atoms. The van der Waals surface area contributed by atoms with Crippen LogP contribution in [0.15, 0.2) is 268 Å². The molecule has 0 aliphatic carbocycles. The molecule has 5 heterocycles. The van der Waals surface area contributed by atoms with Crippen LogP contribution in [-0.4, -0.2) is 83.4 Å². The Balaban J connectivity index is 0.000000130. The van der Waals surface area contributed by atoms with Crippen LogP contribution in [-0.2, 0) is 18.5 Å². The van der Waals surface area contributed by atoms with Gasteiger partial charge < -0.3 is 43.8 Å². The summed E-state index contributed by atoms with van der Waals surface area (Å²) in [5.74, 6) is -6.42. The van der Waals surface area contributed by atoms with Gasteiger partial charge in [-0.15, -0.1) is 0 Å². The first-order valence-electron chi connectivity index (χ1n) is 30.5. The number of aromatic carboxylic acids is 5. The van der Waals surface area contributed by atoms with E-state index < -0.39 is 76.7 Å². The number of rotatable bonds is 10. The first-order chi connectivity index (χ1) is 49.4. The van der Waals surface area contributed by atoms with E-state index in [2.05, 4.69) is 5.10 Å². The van der Waals surface area contributed by atoms with Gasteiger partial charge in [0, 0.05) is 69.2 Å². The van der Waals surface area contributed by atoms with Crippen molar-refractivity contribution in [3.05, 3.63) is 324 Å². The number of fused-ring (bicyclic) bond motifs is 5. The minimum absolute atomic E-state index is 0.00748. The molecule has 0 saturated carbocycles. The molecule has 0 aliphatic heterocycles. The lowest BCUT2D eigenvalue weighted by Crippen LogP contribution is -2.10. The first kappa shape index (κ1) is 71.7. The molecule has 10 aromatic carbocycles. The Morgan fingerprint density at radius 3 is 1.14 bits per heavy atom. The average Bonchev–Trinajstić information content (AvgIpc) is 1.68. The molecule has 16 nitrogen and oxygen atoms in total. The van der Waals surface area contributed by atoms with Crippen molar-refractivity contribution < 1.29 is 97.8 Å². The average molecular weight is 1430 g/mol. The quantitative estimate of drug-likeness (QED) is 0.0810. The Kier molecular flexibility index (Phi) is 20.2. The van der Waals surface area contributed by atoms with Crippen LogP contribution < -0.4 is 0 Å². The SMILES string of the molecule is O=C(O)c1ccc2c(ccn2-c2ccc(C(F)(F)F)cc2)c1.O=C(O)c1ccc2c(ccn2-c2ccc(F)cc2F)c1.O=C(O)c1ccc2c(ccn2-c2cccc(C(F)(F)F)c2)c1.O=C(O)c1ccc2c(ccn2-c2ccccc2C(F)(F)F)c1.O=C(O)c1ccc2c(cnn2-c2ccccc2)c1. The molecule has 0 amide bonds. The van der Waals surface area contributed by atoms with Gasteiger partial charge in [0.2, 0.25) is 0 Å². The number of nitrogens with zero attached hydrogens (tertiary/aromatic N) is 6. The maximum Gasteiger partial charge on any atom is 0.418 e. The molecular weight excluding hydrogens is 1380 g/mol. The van der Waals surface area contributed by atoms with Crippen molar-refractivity contribution in [3.63, 3.8) is 0 Å². The lowest BCUT2D eigenvalue weighted by atomic mass is 10.1. The summed E-state index contributed by atoms with van der Waals surface area (Å²) in [5, 5.41) is 52.5. The van der Waals surface area contributed by atoms with E-state index >= 15 is 0 Å². The maximum absolute atomic E-state index is 13.8. The predicted octanol–water partition coefficient (Wildman–Crippen LogP) is 19.4. The van der Waals surface area contributed by atoms with Crippen LogP contribution in [0.25, 0.3) is 83.0 Å². The third-order valence-electron chi connectivity index (χ3n) is 16.1. The number of halogens is 11. The molecule has 5 N–H and O–H groups in total. The second-order valence-electron chi connectivity index (χ2n) is 22.7. The fraction of sp³-hybridized carbons (Fsp3) is 0.0390. The molecule has 15 rings (SSSR count). The number of benzene rings is 10. The van der Waals surface area contributed by atoms with Crippen molar-refractivity contribution >= 4 is 84.4 Å². The molecule has 0 unspecified atom stereocenters. The fourth-order valence-corrected chi connectivity index (χ4v) is 11.2. The Hall–Kier alpha value is -13.6. The zero-order chi connectivity index (χ0) is 74.5. The van der Waals surface area contributed by atoms with Crippen LogP contribution in [0, 0.1) is 11.6 Å². The largest absolute Gasteiger partial charge is 0.478 e. The first-order valence-corrected chi connectivity index (χ1v) is 30.5. The zero-order valence-electron chi connectivity index (χ0n) is 53.0. The van der Waals surface area contributed by atoms with E-state index in [4.69, 9.17) is 25.5 Å². The lowest BCUT2D eigenvalue weighted by Gasteiger charge is -2.14. The van der Waals surface area contributed by atoms with Gasteiger partial charge in [-0.3, -0.25) is 0 Å². The van der Waals surface area contributed by atoms with E-state index in [9.17, 15) is 72.3 Å². The molecule has 104 heavy (non-hydrogen) atoms. The van der Waals surface area contributed by atoms with Gasteiger partial charge in [0.25, 0.3) is 0 Å². The summed E-state index contributed by atoms with van der Waals surface area (Å²) >= 11 is 0. The third kappa shape index (κ3) is 15.9. The summed E-state index contributed by atoms with van der Waals surface area (Å²) in [6.07, 6.45) is -5.13. The number of carbonyl (C=O) groups is 5. The topological polar surface area (TPSA) is 224 Å².